The Morgan fingerprint density at radius 2 is 1.94 bits per heavy atom. The molecular formula is C12H7ClO3. The van der Waals surface area contributed by atoms with E-state index in [1.165, 1.54) is 0 Å². The molecule has 1 aromatic carbocycles. The molecule has 0 N–H and O–H groups in total. The van der Waals surface area contributed by atoms with E-state index in [0.717, 1.165) is 5.39 Å². The summed E-state index contributed by atoms with van der Waals surface area (Å²) < 4.78 is 10.7. The van der Waals surface area contributed by atoms with Crippen LogP contribution in [0.15, 0.2) is 37.9 Å². The number of hydrogen-bond acceptors (Lipinski definition) is 3. The highest BCUT2D eigenvalue weighted by atomic mass is 35.5. The zero-order valence-corrected chi connectivity index (χ0v) is 9.17. The molecule has 0 fully saturated rings. The number of benzene rings is 1. The molecule has 0 aliphatic rings. The van der Waals surface area contributed by atoms with Gasteiger partial charge in [-0.1, -0.05) is 11.6 Å². The minimum absolute atomic E-state index is 0.387. The van der Waals surface area contributed by atoms with E-state index in [1.54, 1.807) is 31.2 Å². The molecule has 0 saturated heterocycles. The van der Waals surface area contributed by atoms with Gasteiger partial charge in [0.1, 0.15) is 16.7 Å². The van der Waals surface area contributed by atoms with Crippen molar-refractivity contribution in [2.75, 3.05) is 0 Å². The molecule has 80 valence electrons. The van der Waals surface area contributed by atoms with Crippen LogP contribution in [0.25, 0.3) is 21.9 Å². The molecular weight excluding hydrogens is 228 g/mol. The predicted molar refractivity (Wildman–Crippen MR) is 62.0 cm³/mol. The monoisotopic (exact) mass is 234 g/mol. The van der Waals surface area contributed by atoms with Crippen molar-refractivity contribution in [1.29, 1.82) is 0 Å². The Morgan fingerprint density at radius 1 is 1.12 bits per heavy atom. The summed E-state index contributed by atoms with van der Waals surface area (Å²) in [6, 6.07) is 6.73. The molecule has 2 aromatic heterocycles. The van der Waals surface area contributed by atoms with Crippen LogP contribution in [-0.4, -0.2) is 0 Å². The number of halogens is 1. The highest BCUT2D eigenvalue weighted by Gasteiger charge is 2.11. The van der Waals surface area contributed by atoms with E-state index >= 15 is 0 Å². The van der Waals surface area contributed by atoms with Gasteiger partial charge >= 0.3 is 5.63 Å². The molecule has 3 rings (SSSR count). The van der Waals surface area contributed by atoms with Gasteiger partial charge in [-0.3, -0.25) is 0 Å². The van der Waals surface area contributed by atoms with E-state index in [2.05, 4.69) is 0 Å². The van der Waals surface area contributed by atoms with Crippen molar-refractivity contribution < 1.29 is 8.83 Å². The van der Waals surface area contributed by atoms with Gasteiger partial charge in [-0.15, -0.1) is 0 Å². The standard InChI is InChI=1S/C12H7ClO3/c1-6-4-9-11(15-6)8-5-7(13)2-3-10(8)16-12(9)14/h2-5H,1H3. The SMILES string of the molecule is Cc1cc2c(=O)oc3ccc(Cl)cc3c2o1. The lowest BCUT2D eigenvalue weighted by molar-refractivity contribution is 0.559. The van der Waals surface area contributed by atoms with Crippen LogP contribution in [0.3, 0.4) is 0 Å². The van der Waals surface area contributed by atoms with Crippen LogP contribution in [0, 0.1) is 6.92 Å². The smallest absolute Gasteiger partial charge is 0.347 e. The van der Waals surface area contributed by atoms with Crippen LogP contribution in [-0.2, 0) is 0 Å². The van der Waals surface area contributed by atoms with Crippen LogP contribution in [0.1, 0.15) is 5.76 Å². The summed E-state index contributed by atoms with van der Waals surface area (Å²) in [5, 5.41) is 1.75. The maximum absolute atomic E-state index is 11.6. The zero-order valence-electron chi connectivity index (χ0n) is 8.41. The molecule has 3 aromatic rings. The Labute approximate surface area is 95.2 Å². The predicted octanol–water partition coefficient (Wildman–Crippen LogP) is 3.50. The molecule has 0 radical (unpaired) electrons. The first-order valence-corrected chi connectivity index (χ1v) is 5.15. The number of aryl methyl sites for hydroxylation is 1. The van der Waals surface area contributed by atoms with Gasteiger partial charge in [0.15, 0.2) is 5.58 Å². The van der Waals surface area contributed by atoms with Crippen molar-refractivity contribution in [1.82, 2.24) is 0 Å². The van der Waals surface area contributed by atoms with Crippen LogP contribution in [0.4, 0.5) is 0 Å². The molecule has 0 unspecified atom stereocenters. The van der Waals surface area contributed by atoms with Gasteiger partial charge in [0.2, 0.25) is 0 Å². The van der Waals surface area contributed by atoms with Gasteiger partial charge in [-0.2, -0.15) is 0 Å². The van der Waals surface area contributed by atoms with E-state index in [9.17, 15) is 4.79 Å². The Morgan fingerprint density at radius 3 is 2.75 bits per heavy atom. The van der Waals surface area contributed by atoms with Gasteiger partial charge in [0, 0.05) is 5.02 Å². The Kier molecular flexibility index (Phi) is 1.85. The molecule has 0 saturated carbocycles. The largest absolute Gasteiger partial charge is 0.460 e. The van der Waals surface area contributed by atoms with Crippen molar-refractivity contribution in [3.8, 4) is 0 Å². The highest BCUT2D eigenvalue weighted by Crippen LogP contribution is 2.27. The van der Waals surface area contributed by atoms with Crippen molar-refractivity contribution >= 4 is 33.5 Å². The number of furan rings is 1. The maximum Gasteiger partial charge on any atom is 0.347 e. The quantitative estimate of drug-likeness (QED) is 0.559. The van der Waals surface area contributed by atoms with Crippen molar-refractivity contribution in [2.24, 2.45) is 0 Å². The second kappa shape index (κ2) is 3.12. The first-order chi connectivity index (χ1) is 7.65. The summed E-state index contributed by atoms with van der Waals surface area (Å²) in [5.74, 6) is 0.676. The summed E-state index contributed by atoms with van der Waals surface area (Å²) in [6.45, 7) is 1.79. The average molecular weight is 235 g/mol. The molecule has 0 amide bonds. The normalized spacial score (nSPS) is 11.4. The summed E-state index contributed by atoms with van der Waals surface area (Å²) >= 11 is 5.90. The molecule has 2 heterocycles. The van der Waals surface area contributed by atoms with Gasteiger partial charge in [-0.05, 0) is 31.2 Å². The fourth-order valence-electron chi connectivity index (χ4n) is 1.79. The van der Waals surface area contributed by atoms with E-state index in [1.807, 2.05) is 0 Å². The highest BCUT2D eigenvalue weighted by molar-refractivity contribution is 6.31. The van der Waals surface area contributed by atoms with E-state index in [-0.39, 0.29) is 5.63 Å². The van der Waals surface area contributed by atoms with E-state index < -0.39 is 0 Å². The second-order valence-electron chi connectivity index (χ2n) is 3.63. The Hall–Kier alpha value is -1.74. The molecule has 4 heteroatoms. The van der Waals surface area contributed by atoms with Crippen LogP contribution in [0.2, 0.25) is 5.02 Å². The third-order valence-corrected chi connectivity index (χ3v) is 2.70. The van der Waals surface area contributed by atoms with Crippen LogP contribution >= 0.6 is 11.6 Å². The molecule has 0 aliphatic carbocycles. The molecule has 0 spiro atoms. The minimum Gasteiger partial charge on any atom is -0.460 e. The van der Waals surface area contributed by atoms with Gasteiger partial charge in [-0.25, -0.2) is 4.79 Å². The van der Waals surface area contributed by atoms with Crippen molar-refractivity contribution in [2.45, 2.75) is 6.92 Å². The van der Waals surface area contributed by atoms with Gasteiger partial charge in [0.05, 0.1) is 5.39 Å². The molecule has 3 nitrogen and oxygen atoms in total. The molecule has 0 bridgehead atoms. The number of rotatable bonds is 0. The van der Waals surface area contributed by atoms with E-state index in [0.29, 0.717) is 27.3 Å². The molecule has 16 heavy (non-hydrogen) atoms. The van der Waals surface area contributed by atoms with Crippen LogP contribution < -0.4 is 5.63 Å². The van der Waals surface area contributed by atoms with Gasteiger partial charge in [0.25, 0.3) is 0 Å². The molecule has 0 atom stereocenters. The Bertz CT molecular complexity index is 752. The van der Waals surface area contributed by atoms with Crippen LogP contribution in [0.5, 0.6) is 0 Å². The minimum atomic E-state index is -0.387. The number of fused-ring (bicyclic) bond motifs is 3. The lowest BCUT2D eigenvalue weighted by Crippen LogP contribution is -1.97. The fraction of sp³-hybridized carbons (Fsp3) is 0.0833. The summed E-state index contributed by atoms with van der Waals surface area (Å²) in [4.78, 5) is 11.6. The van der Waals surface area contributed by atoms with E-state index in [4.69, 9.17) is 20.4 Å². The third kappa shape index (κ3) is 1.25. The van der Waals surface area contributed by atoms with Crippen molar-refractivity contribution in [3.63, 3.8) is 0 Å². The van der Waals surface area contributed by atoms with Crippen molar-refractivity contribution in [3.05, 3.63) is 45.5 Å². The average Bonchev–Trinajstić information content (AvgIpc) is 2.62. The molecule has 0 aliphatic heterocycles. The number of hydrogen-bond donors (Lipinski definition) is 0. The lowest BCUT2D eigenvalue weighted by atomic mass is 10.2. The second-order valence-corrected chi connectivity index (χ2v) is 4.07. The fourth-order valence-corrected chi connectivity index (χ4v) is 1.96. The third-order valence-electron chi connectivity index (χ3n) is 2.46. The lowest BCUT2D eigenvalue weighted by Gasteiger charge is -1.97. The topological polar surface area (TPSA) is 43.4 Å². The maximum atomic E-state index is 11.6. The first-order valence-electron chi connectivity index (χ1n) is 4.77. The summed E-state index contributed by atoms with van der Waals surface area (Å²) in [5.41, 5.74) is 0.629. The first kappa shape index (κ1) is 9.48. The Balaban J connectivity index is 2.65. The summed E-state index contributed by atoms with van der Waals surface area (Å²) in [6.07, 6.45) is 0. The van der Waals surface area contributed by atoms with Gasteiger partial charge < -0.3 is 8.83 Å². The summed E-state index contributed by atoms with van der Waals surface area (Å²) in [7, 11) is 0. The zero-order chi connectivity index (χ0) is 11.3.